The van der Waals surface area contributed by atoms with Crippen molar-refractivity contribution < 1.29 is 28.8 Å². The van der Waals surface area contributed by atoms with Gasteiger partial charge < -0.3 is 29.0 Å². The van der Waals surface area contributed by atoms with Crippen LogP contribution < -0.4 is 9.64 Å². The number of hydrogen-bond acceptors (Lipinski definition) is 7. The van der Waals surface area contributed by atoms with Crippen LogP contribution in [0.2, 0.25) is 0 Å². The first-order valence-electron chi connectivity index (χ1n) is 10.6. The highest BCUT2D eigenvalue weighted by Gasteiger charge is 2.28. The van der Waals surface area contributed by atoms with E-state index in [1.54, 1.807) is 26.4 Å². The van der Waals surface area contributed by atoms with Gasteiger partial charge in [0.05, 0.1) is 17.7 Å². The molecule has 0 spiro atoms. The van der Waals surface area contributed by atoms with Crippen LogP contribution in [0.25, 0.3) is 0 Å². The lowest BCUT2D eigenvalue weighted by molar-refractivity contribution is -0.0671. The molecule has 1 N–H and O–H groups in total. The minimum atomic E-state index is -0.932. The van der Waals surface area contributed by atoms with E-state index in [4.69, 9.17) is 18.9 Å². The Labute approximate surface area is 189 Å². The molecular weight excluding hydrogens is 412 g/mol. The first kappa shape index (κ1) is 24.0. The average molecular weight is 445 g/mol. The molecule has 1 heterocycles. The van der Waals surface area contributed by atoms with Gasteiger partial charge in [0.1, 0.15) is 12.5 Å². The lowest BCUT2D eigenvalue weighted by Crippen LogP contribution is -2.36. The van der Waals surface area contributed by atoms with Crippen LogP contribution in [0, 0.1) is 0 Å². The lowest BCUT2D eigenvalue weighted by Gasteiger charge is -2.34. The Morgan fingerprint density at radius 3 is 2.59 bits per heavy atom. The number of likely N-dealkylation sites (tertiary alicyclic amines) is 1. The molecule has 1 aliphatic rings. The van der Waals surface area contributed by atoms with E-state index in [1.807, 2.05) is 37.4 Å². The molecule has 0 aliphatic carbocycles. The number of carboxylic acids is 1. The standard InChI is InChI=1S/C24H32N2O6/c1-25(20-9-7-18(8-10-20)24(27)28)23(15-26-12-11-22(14-26)32-17-30-3)19-5-4-6-21(13-19)31-16-29-2/h4-10,13,22-23H,11-12,14-17H2,1-3H3,(H,27,28)/t22-,23?/m0/s1. The highest BCUT2D eigenvalue weighted by atomic mass is 16.7. The molecule has 0 amide bonds. The molecule has 1 unspecified atom stereocenters. The summed E-state index contributed by atoms with van der Waals surface area (Å²) in [4.78, 5) is 15.8. The predicted octanol–water partition coefficient (Wildman–Crippen LogP) is 3.24. The molecule has 1 fully saturated rings. The van der Waals surface area contributed by atoms with Crippen molar-refractivity contribution in [1.82, 2.24) is 4.90 Å². The highest BCUT2D eigenvalue weighted by Crippen LogP contribution is 2.30. The van der Waals surface area contributed by atoms with Crippen LogP contribution >= 0.6 is 0 Å². The quantitative estimate of drug-likeness (QED) is 0.500. The zero-order chi connectivity index (χ0) is 22.9. The van der Waals surface area contributed by atoms with E-state index < -0.39 is 5.97 Å². The van der Waals surface area contributed by atoms with Crippen LogP contribution in [0.15, 0.2) is 48.5 Å². The Hall–Kier alpha value is -2.65. The maximum absolute atomic E-state index is 11.2. The van der Waals surface area contributed by atoms with E-state index in [0.717, 1.165) is 43.1 Å². The van der Waals surface area contributed by atoms with Crippen LogP contribution in [-0.4, -0.2) is 76.6 Å². The summed E-state index contributed by atoms with van der Waals surface area (Å²) in [6, 6.07) is 15.0. The molecule has 3 rings (SSSR count). The molecule has 8 heteroatoms. The number of likely N-dealkylation sites (N-methyl/N-ethyl adjacent to an activating group) is 1. The molecule has 8 nitrogen and oxygen atoms in total. The monoisotopic (exact) mass is 444 g/mol. The lowest BCUT2D eigenvalue weighted by atomic mass is 10.0. The van der Waals surface area contributed by atoms with Gasteiger partial charge in [-0.15, -0.1) is 0 Å². The van der Waals surface area contributed by atoms with Crippen molar-refractivity contribution in [2.75, 3.05) is 59.4 Å². The third-order valence-corrected chi connectivity index (χ3v) is 5.66. The van der Waals surface area contributed by atoms with E-state index >= 15 is 0 Å². The molecule has 0 bridgehead atoms. The van der Waals surface area contributed by atoms with Crippen LogP contribution in [0.3, 0.4) is 0 Å². The topological polar surface area (TPSA) is 80.7 Å². The SMILES string of the molecule is COCOc1cccc(C(CN2CC[C@H](OCOC)C2)N(C)c2ccc(C(=O)O)cc2)c1. The van der Waals surface area contributed by atoms with E-state index in [9.17, 15) is 9.90 Å². The Balaban J connectivity index is 1.81. The number of benzene rings is 2. The molecule has 0 saturated carbocycles. The van der Waals surface area contributed by atoms with Gasteiger partial charge >= 0.3 is 5.97 Å². The second-order valence-corrected chi connectivity index (χ2v) is 7.85. The first-order valence-corrected chi connectivity index (χ1v) is 10.6. The summed E-state index contributed by atoms with van der Waals surface area (Å²) in [5, 5.41) is 9.21. The summed E-state index contributed by atoms with van der Waals surface area (Å²) in [5.74, 6) is -0.190. The normalized spacial score (nSPS) is 17.3. The van der Waals surface area contributed by atoms with Crippen LogP contribution in [0.4, 0.5) is 5.69 Å². The van der Waals surface area contributed by atoms with E-state index in [0.29, 0.717) is 6.79 Å². The summed E-state index contributed by atoms with van der Waals surface area (Å²) in [5.41, 5.74) is 2.31. The molecular formula is C24H32N2O6. The van der Waals surface area contributed by atoms with Gasteiger partial charge in [0, 0.05) is 46.6 Å². The van der Waals surface area contributed by atoms with Crippen LogP contribution in [-0.2, 0) is 14.2 Å². The molecule has 0 aromatic heterocycles. The largest absolute Gasteiger partial charge is 0.478 e. The summed E-state index contributed by atoms with van der Waals surface area (Å²) in [6.07, 6.45) is 1.12. The molecule has 2 aromatic rings. The van der Waals surface area contributed by atoms with E-state index in [1.165, 1.54) is 0 Å². The van der Waals surface area contributed by atoms with Crippen molar-refractivity contribution in [1.29, 1.82) is 0 Å². The third-order valence-electron chi connectivity index (χ3n) is 5.66. The Kier molecular flexibility index (Phi) is 8.87. The van der Waals surface area contributed by atoms with Gasteiger partial charge in [-0.1, -0.05) is 12.1 Å². The van der Waals surface area contributed by atoms with Crippen molar-refractivity contribution >= 4 is 11.7 Å². The Bertz CT molecular complexity index is 860. The number of hydrogen-bond donors (Lipinski definition) is 1. The van der Waals surface area contributed by atoms with Crippen molar-refractivity contribution in [2.24, 2.45) is 0 Å². The Morgan fingerprint density at radius 1 is 1.16 bits per heavy atom. The molecule has 32 heavy (non-hydrogen) atoms. The zero-order valence-electron chi connectivity index (χ0n) is 18.9. The maximum atomic E-state index is 11.2. The first-order chi connectivity index (χ1) is 15.5. The summed E-state index contributed by atoms with van der Waals surface area (Å²) in [6.45, 7) is 3.06. The predicted molar refractivity (Wildman–Crippen MR) is 121 cm³/mol. The van der Waals surface area contributed by atoms with Gasteiger partial charge in [-0.2, -0.15) is 0 Å². The van der Waals surface area contributed by atoms with Gasteiger partial charge in [0.15, 0.2) is 6.79 Å². The molecule has 2 aromatic carbocycles. The maximum Gasteiger partial charge on any atom is 0.335 e. The number of nitrogens with zero attached hydrogens (tertiary/aromatic N) is 2. The second kappa shape index (κ2) is 11.8. The molecule has 174 valence electrons. The molecule has 1 aliphatic heterocycles. The van der Waals surface area contributed by atoms with Crippen molar-refractivity contribution in [3.8, 4) is 5.75 Å². The minimum absolute atomic E-state index is 0.0259. The van der Waals surface area contributed by atoms with E-state index in [-0.39, 0.29) is 24.5 Å². The number of anilines is 1. The second-order valence-electron chi connectivity index (χ2n) is 7.85. The van der Waals surface area contributed by atoms with Crippen LogP contribution in [0.5, 0.6) is 5.75 Å². The fourth-order valence-electron chi connectivity index (χ4n) is 3.92. The van der Waals surface area contributed by atoms with Crippen LogP contribution in [0.1, 0.15) is 28.4 Å². The third kappa shape index (κ3) is 6.43. The Morgan fingerprint density at radius 2 is 1.91 bits per heavy atom. The number of aromatic carboxylic acids is 1. The fraction of sp³-hybridized carbons (Fsp3) is 0.458. The zero-order valence-corrected chi connectivity index (χ0v) is 18.9. The number of rotatable bonds is 12. The molecule has 1 saturated heterocycles. The van der Waals surface area contributed by atoms with Gasteiger partial charge in [0.25, 0.3) is 0 Å². The number of methoxy groups -OCH3 is 2. The fourth-order valence-corrected chi connectivity index (χ4v) is 3.92. The summed E-state index contributed by atoms with van der Waals surface area (Å²) in [7, 11) is 5.25. The minimum Gasteiger partial charge on any atom is -0.478 e. The number of carboxylic acid groups (broad SMARTS) is 1. The molecule has 0 radical (unpaired) electrons. The highest BCUT2D eigenvalue weighted by molar-refractivity contribution is 5.88. The van der Waals surface area contributed by atoms with Crippen molar-refractivity contribution in [3.63, 3.8) is 0 Å². The number of ether oxygens (including phenoxy) is 4. The smallest absolute Gasteiger partial charge is 0.335 e. The number of carbonyl (C=O) groups is 1. The van der Waals surface area contributed by atoms with Crippen molar-refractivity contribution in [3.05, 3.63) is 59.7 Å². The van der Waals surface area contributed by atoms with Gasteiger partial charge in [-0.25, -0.2) is 4.79 Å². The van der Waals surface area contributed by atoms with Gasteiger partial charge in [-0.05, 0) is 48.4 Å². The van der Waals surface area contributed by atoms with Gasteiger partial charge in [0.2, 0.25) is 0 Å². The van der Waals surface area contributed by atoms with Crippen molar-refractivity contribution in [2.45, 2.75) is 18.6 Å². The average Bonchev–Trinajstić information content (AvgIpc) is 3.27. The van der Waals surface area contributed by atoms with E-state index in [2.05, 4.69) is 15.9 Å². The van der Waals surface area contributed by atoms with Gasteiger partial charge in [-0.3, -0.25) is 4.90 Å². The summed E-state index contributed by atoms with van der Waals surface area (Å²) < 4.78 is 21.5. The molecule has 2 atom stereocenters. The summed E-state index contributed by atoms with van der Waals surface area (Å²) >= 11 is 0.